The molecule has 0 aromatic carbocycles. The van der Waals surface area contributed by atoms with E-state index in [0.717, 1.165) is 38.5 Å². The van der Waals surface area contributed by atoms with E-state index in [4.69, 9.17) is 9.05 Å². The number of aliphatic hydroxyl groups is 1. The molecule has 0 saturated carbocycles. The van der Waals surface area contributed by atoms with Crippen molar-refractivity contribution in [1.29, 1.82) is 0 Å². The van der Waals surface area contributed by atoms with Gasteiger partial charge in [-0.25, -0.2) is 0 Å². The third-order valence-corrected chi connectivity index (χ3v) is 12.8. The van der Waals surface area contributed by atoms with Gasteiger partial charge in [-0.3, -0.25) is 9.36 Å². The van der Waals surface area contributed by atoms with Crippen molar-refractivity contribution in [2.75, 3.05) is 40.9 Å². The number of phosphoric acid groups is 1. The maximum atomic E-state index is 12.9. The first-order chi connectivity index (χ1) is 28.0. The number of nitrogens with zero attached hydrogens (tertiary/aromatic N) is 1. The smallest absolute Gasteiger partial charge is 0.268 e. The van der Waals surface area contributed by atoms with Gasteiger partial charge >= 0.3 is 0 Å². The fraction of sp³-hybridized carbons (Fsp3) is 0.980. The van der Waals surface area contributed by atoms with E-state index >= 15 is 0 Å². The maximum absolute atomic E-state index is 12.9. The summed E-state index contributed by atoms with van der Waals surface area (Å²) in [6, 6.07) is -0.793. The van der Waals surface area contributed by atoms with Gasteiger partial charge in [0, 0.05) is 6.42 Å². The molecule has 8 nitrogen and oxygen atoms in total. The summed E-state index contributed by atoms with van der Waals surface area (Å²) in [6.07, 6.45) is 46.9. The van der Waals surface area contributed by atoms with Gasteiger partial charge in [0.05, 0.1) is 39.9 Å². The minimum atomic E-state index is -4.56. The summed E-state index contributed by atoms with van der Waals surface area (Å²) < 4.78 is 23.3. The molecule has 0 aromatic heterocycles. The van der Waals surface area contributed by atoms with Crippen molar-refractivity contribution in [3.05, 3.63) is 0 Å². The molecule has 0 radical (unpaired) electrons. The van der Waals surface area contributed by atoms with E-state index in [1.54, 1.807) is 0 Å². The second kappa shape index (κ2) is 41.8. The number of hydrogen-bond donors (Lipinski definition) is 2. The van der Waals surface area contributed by atoms with Crippen molar-refractivity contribution in [2.24, 2.45) is 0 Å². The highest BCUT2D eigenvalue weighted by atomic mass is 31.2. The number of hydrogen-bond acceptors (Lipinski definition) is 6. The van der Waals surface area contributed by atoms with Gasteiger partial charge in [0.1, 0.15) is 13.2 Å². The first kappa shape index (κ1) is 57.5. The van der Waals surface area contributed by atoms with Gasteiger partial charge in [0.2, 0.25) is 5.91 Å². The summed E-state index contributed by atoms with van der Waals surface area (Å²) in [4.78, 5) is 25.4. The average molecular weight is 845 g/mol. The molecule has 348 valence electrons. The minimum Gasteiger partial charge on any atom is -0.756 e. The molecule has 3 atom stereocenters. The van der Waals surface area contributed by atoms with Crippen LogP contribution in [0.5, 0.6) is 0 Å². The zero-order valence-corrected chi connectivity index (χ0v) is 40.4. The Labute approximate surface area is 361 Å². The van der Waals surface area contributed by atoms with E-state index in [-0.39, 0.29) is 19.1 Å². The molecule has 0 aromatic rings. The number of aliphatic hydroxyl groups excluding tert-OH is 1. The molecule has 0 saturated heterocycles. The highest BCUT2D eigenvalue weighted by molar-refractivity contribution is 7.45. The van der Waals surface area contributed by atoms with Crippen LogP contribution in [-0.4, -0.2) is 68.5 Å². The number of quaternary nitrogens is 1. The zero-order valence-electron chi connectivity index (χ0n) is 39.5. The van der Waals surface area contributed by atoms with Gasteiger partial charge in [-0.05, 0) is 12.8 Å². The number of nitrogens with one attached hydrogen (secondary N) is 1. The molecule has 2 N–H and O–H groups in total. The normalized spacial score (nSPS) is 14.1. The number of rotatable bonds is 47. The van der Waals surface area contributed by atoms with Crippen LogP contribution in [0.25, 0.3) is 0 Å². The van der Waals surface area contributed by atoms with Crippen LogP contribution < -0.4 is 10.2 Å². The summed E-state index contributed by atoms with van der Waals surface area (Å²) in [5.41, 5.74) is 0. The van der Waals surface area contributed by atoms with Crippen molar-refractivity contribution < 1.29 is 32.9 Å². The van der Waals surface area contributed by atoms with Crippen LogP contribution in [0, 0.1) is 0 Å². The summed E-state index contributed by atoms with van der Waals surface area (Å²) in [5.74, 6) is -0.160. The molecule has 0 aliphatic heterocycles. The number of carbonyl (C=O) groups excluding carboxylic acids is 1. The highest BCUT2D eigenvalue weighted by Crippen LogP contribution is 2.38. The summed E-state index contributed by atoms with van der Waals surface area (Å²) in [5, 5.41) is 14.0. The Morgan fingerprint density at radius 1 is 0.534 bits per heavy atom. The minimum absolute atomic E-state index is 0.0163. The molecule has 0 spiro atoms. The lowest BCUT2D eigenvalue weighted by Gasteiger charge is -2.30. The van der Waals surface area contributed by atoms with Crippen LogP contribution in [0.3, 0.4) is 0 Å². The van der Waals surface area contributed by atoms with E-state index in [2.05, 4.69) is 19.2 Å². The second-order valence-electron chi connectivity index (χ2n) is 18.9. The highest BCUT2D eigenvalue weighted by Gasteiger charge is 2.24. The van der Waals surface area contributed by atoms with Gasteiger partial charge in [-0.2, -0.15) is 0 Å². The third kappa shape index (κ3) is 43.6. The van der Waals surface area contributed by atoms with Gasteiger partial charge in [0.25, 0.3) is 7.82 Å². The summed E-state index contributed by atoms with van der Waals surface area (Å²) in [6.45, 7) is 4.75. The van der Waals surface area contributed by atoms with E-state index in [9.17, 15) is 19.4 Å². The van der Waals surface area contributed by atoms with Crippen LogP contribution in [0.15, 0.2) is 0 Å². The molecule has 0 aliphatic carbocycles. The van der Waals surface area contributed by atoms with E-state index < -0.39 is 20.0 Å². The quantitative estimate of drug-likeness (QED) is 0.0359. The van der Waals surface area contributed by atoms with E-state index in [1.165, 1.54) is 193 Å². The topological polar surface area (TPSA) is 108 Å². The predicted molar refractivity (Wildman–Crippen MR) is 247 cm³/mol. The Morgan fingerprint density at radius 2 is 0.845 bits per heavy atom. The Balaban J connectivity index is 4.17. The molecule has 0 aliphatic rings. The van der Waals surface area contributed by atoms with Gasteiger partial charge in [0.15, 0.2) is 0 Å². The lowest BCUT2D eigenvalue weighted by Crippen LogP contribution is -2.46. The molecular formula is C49H101N2O6P. The fourth-order valence-electron chi connectivity index (χ4n) is 7.81. The number of phosphoric ester groups is 1. The lowest BCUT2D eigenvalue weighted by molar-refractivity contribution is -0.870. The number of amides is 1. The Bertz CT molecular complexity index is 916. The SMILES string of the molecule is CCCCCCCCCCCCCCCCCCCCCCCCCC(O)C(COP(=O)([O-])OCC[N+](C)(C)C)NC(=O)CCCCCCCCCCCCCCC. The maximum Gasteiger partial charge on any atom is 0.268 e. The first-order valence-electron chi connectivity index (χ1n) is 25.4. The monoisotopic (exact) mass is 845 g/mol. The van der Waals surface area contributed by atoms with Gasteiger partial charge < -0.3 is 28.8 Å². The fourth-order valence-corrected chi connectivity index (χ4v) is 8.53. The van der Waals surface area contributed by atoms with Crippen LogP contribution in [0.4, 0.5) is 0 Å². The molecule has 0 fully saturated rings. The van der Waals surface area contributed by atoms with Crippen molar-refractivity contribution in [3.63, 3.8) is 0 Å². The molecule has 0 bridgehead atoms. The largest absolute Gasteiger partial charge is 0.756 e. The average Bonchev–Trinajstić information content (AvgIpc) is 3.17. The summed E-state index contributed by atoms with van der Waals surface area (Å²) >= 11 is 0. The van der Waals surface area contributed by atoms with Crippen molar-refractivity contribution >= 4 is 13.7 Å². The van der Waals surface area contributed by atoms with Gasteiger partial charge in [-0.1, -0.05) is 239 Å². The number of likely N-dealkylation sites (N-methyl/N-ethyl adjacent to an activating group) is 1. The first-order valence-corrected chi connectivity index (χ1v) is 26.8. The molecule has 9 heteroatoms. The third-order valence-electron chi connectivity index (χ3n) is 11.8. The Morgan fingerprint density at radius 3 is 1.17 bits per heavy atom. The van der Waals surface area contributed by atoms with Crippen molar-refractivity contribution in [2.45, 2.75) is 270 Å². The van der Waals surface area contributed by atoms with Gasteiger partial charge in [-0.15, -0.1) is 0 Å². The van der Waals surface area contributed by atoms with Crippen molar-refractivity contribution in [3.8, 4) is 0 Å². The van der Waals surface area contributed by atoms with Crippen LogP contribution >= 0.6 is 7.82 Å². The molecule has 0 rings (SSSR count). The summed E-state index contributed by atoms with van der Waals surface area (Å²) in [7, 11) is 1.32. The lowest BCUT2D eigenvalue weighted by atomic mass is 10.0. The predicted octanol–water partition coefficient (Wildman–Crippen LogP) is 13.9. The molecule has 3 unspecified atom stereocenters. The van der Waals surface area contributed by atoms with E-state index in [1.807, 2.05) is 21.1 Å². The van der Waals surface area contributed by atoms with Crippen LogP contribution in [0.2, 0.25) is 0 Å². The zero-order chi connectivity index (χ0) is 42.8. The Hall–Kier alpha value is -0.500. The van der Waals surface area contributed by atoms with E-state index in [0.29, 0.717) is 23.9 Å². The second-order valence-corrected chi connectivity index (χ2v) is 20.3. The number of carbonyl (C=O) groups is 1. The van der Waals surface area contributed by atoms with Crippen molar-refractivity contribution in [1.82, 2.24) is 5.32 Å². The molecular weight excluding hydrogens is 744 g/mol. The number of unbranched alkanes of at least 4 members (excludes halogenated alkanes) is 34. The molecule has 1 amide bonds. The molecule has 0 heterocycles. The Kier molecular flexibility index (Phi) is 41.5. The standard InChI is InChI=1S/C49H101N2O6P/c1-6-8-10-12-14-16-18-20-21-22-23-24-25-26-27-28-29-31-32-34-36-38-40-42-48(52)47(46-57-58(54,55)56-45-44-51(3,4)5)50-49(53)43-41-39-37-35-33-30-19-17-15-13-11-9-7-2/h47-48,52H,6-46H2,1-5H3,(H-,50,53,54,55). The van der Waals surface area contributed by atoms with Crippen LogP contribution in [0.1, 0.15) is 258 Å². The van der Waals surface area contributed by atoms with Crippen LogP contribution in [-0.2, 0) is 18.4 Å². The molecule has 58 heavy (non-hydrogen) atoms.